The summed E-state index contributed by atoms with van der Waals surface area (Å²) in [7, 11) is 0. The number of aryl methyl sites for hydroxylation is 1. The van der Waals surface area contributed by atoms with Crippen molar-refractivity contribution in [3.63, 3.8) is 0 Å². The number of likely N-dealkylation sites (tertiary alicyclic amines) is 1. The largest absolute Gasteiger partial charge is 0.339 e. The number of hydrogen-bond acceptors (Lipinski definition) is 3. The van der Waals surface area contributed by atoms with Crippen LogP contribution in [0.25, 0.3) is 11.1 Å². The summed E-state index contributed by atoms with van der Waals surface area (Å²) in [5, 5.41) is 2.37. The molecule has 1 spiro atoms. The van der Waals surface area contributed by atoms with E-state index in [1.165, 1.54) is 5.56 Å². The Morgan fingerprint density at radius 3 is 1.89 bits per heavy atom. The lowest BCUT2D eigenvalue weighted by Crippen LogP contribution is -2.50. The van der Waals surface area contributed by atoms with Gasteiger partial charge in [0.1, 0.15) is 0 Å². The van der Waals surface area contributed by atoms with Gasteiger partial charge in [0.05, 0.1) is 0 Å². The van der Waals surface area contributed by atoms with Gasteiger partial charge in [-0.25, -0.2) is 0 Å². The van der Waals surface area contributed by atoms with Gasteiger partial charge >= 0.3 is 0 Å². The van der Waals surface area contributed by atoms with E-state index in [0.29, 0.717) is 44.3 Å². The van der Waals surface area contributed by atoms with Crippen molar-refractivity contribution < 1.29 is 14.4 Å². The van der Waals surface area contributed by atoms with Crippen molar-refractivity contribution in [1.82, 2.24) is 10.2 Å². The molecule has 2 heterocycles. The topological polar surface area (TPSA) is 66.5 Å². The number of rotatable bonds is 2. The molecule has 2 saturated heterocycles. The smallest absolute Gasteiger partial charge is 0.253 e. The third kappa shape index (κ3) is 3.70. The molecule has 0 aromatic heterocycles. The maximum Gasteiger partial charge on any atom is 0.253 e. The number of nitrogens with one attached hydrogen (secondary N) is 1. The van der Waals surface area contributed by atoms with Crippen LogP contribution in [0.1, 0.15) is 41.6 Å². The maximum atomic E-state index is 12.9. The molecule has 2 aromatic carbocycles. The van der Waals surface area contributed by atoms with E-state index in [1.807, 2.05) is 29.2 Å². The van der Waals surface area contributed by atoms with E-state index in [4.69, 9.17) is 0 Å². The lowest BCUT2D eigenvalue weighted by Gasteiger charge is -2.43. The van der Waals surface area contributed by atoms with Crippen molar-refractivity contribution in [3.05, 3.63) is 59.7 Å². The molecule has 0 radical (unpaired) electrons. The standard InChI is InChI=1S/C23H24N2O3/c1-16-2-4-17(5-3-16)18-6-8-19(9-7-18)22(28)25-12-10-23(11-13-25)14-20(26)24-21(27)15-23/h2-9H,10-15H2,1H3,(H,24,26,27). The SMILES string of the molecule is Cc1ccc(-c2ccc(C(=O)N3CCC4(CC3)CC(=O)NC(=O)C4)cc2)cc1. The first-order valence-electron chi connectivity index (χ1n) is 9.73. The molecule has 0 saturated carbocycles. The number of nitrogens with zero attached hydrogens (tertiary/aromatic N) is 1. The first-order chi connectivity index (χ1) is 13.4. The van der Waals surface area contributed by atoms with Gasteiger partial charge in [-0.2, -0.15) is 0 Å². The van der Waals surface area contributed by atoms with Gasteiger partial charge in [0, 0.05) is 31.5 Å². The first kappa shape index (κ1) is 18.4. The summed E-state index contributed by atoms with van der Waals surface area (Å²) in [6.07, 6.45) is 2.15. The molecule has 2 aliphatic rings. The summed E-state index contributed by atoms with van der Waals surface area (Å²) >= 11 is 0. The number of carbonyl (C=O) groups is 3. The van der Waals surface area contributed by atoms with Gasteiger partial charge in [-0.15, -0.1) is 0 Å². The number of piperidine rings is 2. The highest BCUT2D eigenvalue weighted by Crippen LogP contribution is 2.40. The van der Waals surface area contributed by atoms with Gasteiger partial charge in [-0.1, -0.05) is 42.0 Å². The summed E-state index contributed by atoms with van der Waals surface area (Å²) < 4.78 is 0. The van der Waals surface area contributed by atoms with Crippen LogP contribution in [0.4, 0.5) is 0 Å². The highest BCUT2D eigenvalue weighted by molar-refractivity contribution is 5.98. The van der Waals surface area contributed by atoms with Gasteiger partial charge < -0.3 is 4.90 Å². The Hall–Kier alpha value is -2.95. The molecule has 0 unspecified atom stereocenters. The van der Waals surface area contributed by atoms with Crippen LogP contribution in [-0.2, 0) is 9.59 Å². The molecule has 2 aromatic rings. The summed E-state index contributed by atoms with van der Waals surface area (Å²) in [5.74, 6) is -0.373. The van der Waals surface area contributed by atoms with Crippen molar-refractivity contribution in [2.75, 3.05) is 13.1 Å². The molecule has 28 heavy (non-hydrogen) atoms. The fraction of sp³-hybridized carbons (Fsp3) is 0.348. The number of hydrogen-bond donors (Lipinski definition) is 1. The van der Waals surface area contributed by atoms with Crippen molar-refractivity contribution in [3.8, 4) is 11.1 Å². The molecule has 3 amide bonds. The zero-order valence-corrected chi connectivity index (χ0v) is 16.0. The molecule has 0 aliphatic carbocycles. The molecule has 0 bridgehead atoms. The van der Waals surface area contributed by atoms with Crippen molar-refractivity contribution in [1.29, 1.82) is 0 Å². The van der Waals surface area contributed by atoms with Crippen LogP contribution < -0.4 is 5.32 Å². The minimum Gasteiger partial charge on any atom is -0.339 e. The van der Waals surface area contributed by atoms with Crippen molar-refractivity contribution in [2.24, 2.45) is 5.41 Å². The Labute approximate surface area is 164 Å². The molecule has 0 atom stereocenters. The Morgan fingerprint density at radius 1 is 0.857 bits per heavy atom. The van der Waals surface area contributed by atoms with Gasteiger partial charge in [-0.3, -0.25) is 19.7 Å². The highest BCUT2D eigenvalue weighted by Gasteiger charge is 2.42. The number of amides is 3. The van der Waals surface area contributed by atoms with Gasteiger partial charge in [0.15, 0.2) is 0 Å². The average molecular weight is 376 g/mol. The first-order valence-corrected chi connectivity index (χ1v) is 9.73. The Bertz CT molecular complexity index is 890. The summed E-state index contributed by atoms with van der Waals surface area (Å²) in [4.78, 5) is 38.2. The van der Waals surface area contributed by atoms with Crippen molar-refractivity contribution >= 4 is 17.7 Å². The zero-order valence-electron chi connectivity index (χ0n) is 16.0. The van der Waals surface area contributed by atoms with Crippen LogP contribution >= 0.6 is 0 Å². The predicted octanol–water partition coefficient (Wildman–Crippen LogP) is 3.32. The van der Waals surface area contributed by atoms with E-state index >= 15 is 0 Å². The van der Waals surface area contributed by atoms with E-state index in [0.717, 1.165) is 11.1 Å². The second kappa shape index (κ2) is 7.23. The Kier molecular flexibility index (Phi) is 4.75. The van der Waals surface area contributed by atoms with Crippen LogP contribution in [-0.4, -0.2) is 35.7 Å². The second-order valence-electron chi connectivity index (χ2n) is 8.06. The fourth-order valence-electron chi connectivity index (χ4n) is 4.26. The van der Waals surface area contributed by atoms with Gasteiger partial charge in [0.2, 0.25) is 11.8 Å². The van der Waals surface area contributed by atoms with E-state index in [1.54, 1.807) is 0 Å². The highest BCUT2D eigenvalue weighted by atomic mass is 16.2. The quantitative estimate of drug-likeness (QED) is 0.818. The molecule has 4 rings (SSSR count). The molecular formula is C23H24N2O3. The van der Waals surface area contributed by atoms with Crippen molar-refractivity contribution in [2.45, 2.75) is 32.6 Å². The average Bonchev–Trinajstić information content (AvgIpc) is 2.68. The zero-order chi connectivity index (χ0) is 19.7. The van der Waals surface area contributed by atoms with Crippen LogP contribution in [0, 0.1) is 12.3 Å². The van der Waals surface area contributed by atoms with Gasteiger partial charge in [-0.05, 0) is 48.4 Å². The van der Waals surface area contributed by atoms with E-state index < -0.39 is 0 Å². The molecule has 2 fully saturated rings. The molecular weight excluding hydrogens is 352 g/mol. The normalized spacial score (nSPS) is 18.8. The molecule has 2 aliphatic heterocycles. The third-order valence-corrected chi connectivity index (χ3v) is 5.98. The molecule has 1 N–H and O–H groups in total. The Balaban J connectivity index is 1.42. The summed E-state index contributed by atoms with van der Waals surface area (Å²) in [5.41, 5.74) is 3.83. The molecule has 144 valence electrons. The minimum atomic E-state index is -0.272. The summed E-state index contributed by atoms with van der Waals surface area (Å²) in [6, 6.07) is 16.0. The lowest BCUT2D eigenvalue weighted by atomic mass is 9.71. The van der Waals surface area contributed by atoms with Crippen LogP contribution in [0.2, 0.25) is 0 Å². The van der Waals surface area contributed by atoms with Crippen LogP contribution in [0.3, 0.4) is 0 Å². The van der Waals surface area contributed by atoms with Gasteiger partial charge in [0.25, 0.3) is 5.91 Å². The number of imide groups is 1. The lowest BCUT2D eigenvalue weighted by molar-refractivity contribution is -0.139. The van der Waals surface area contributed by atoms with Crippen LogP contribution in [0.15, 0.2) is 48.5 Å². The molecule has 5 heteroatoms. The second-order valence-corrected chi connectivity index (χ2v) is 8.06. The maximum absolute atomic E-state index is 12.9. The minimum absolute atomic E-state index is 0.0110. The number of carbonyl (C=O) groups excluding carboxylic acids is 3. The molecule has 5 nitrogen and oxygen atoms in total. The monoisotopic (exact) mass is 376 g/mol. The van der Waals surface area contributed by atoms with Crippen LogP contribution in [0.5, 0.6) is 0 Å². The predicted molar refractivity (Wildman–Crippen MR) is 107 cm³/mol. The van der Waals surface area contributed by atoms with E-state index in [-0.39, 0.29) is 23.1 Å². The third-order valence-electron chi connectivity index (χ3n) is 5.98. The van der Waals surface area contributed by atoms with E-state index in [2.05, 4.69) is 36.5 Å². The number of benzene rings is 2. The van der Waals surface area contributed by atoms with E-state index in [9.17, 15) is 14.4 Å². The fourth-order valence-corrected chi connectivity index (χ4v) is 4.26. The Morgan fingerprint density at radius 2 is 1.36 bits per heavy atom. The summed E-state index contributed by atoms with van der Waals surface area (Å²) in [6.45, 7) is 3.22.